The lowest BCUT2D eigenvalue weighted by Crippen LogP contribution is -2.38. The summed E-state index contributed by atoms with van der Waals surface area (Å²) in [6.07, 6.45) is 5.29. The van der Waals surface area contributed by atoms with Gasteiger partial charge in [0.05, 0.1) is 5.69 Å². The Morgan fingerprint density at radius 1 is 1.04 bits per heavy atom. The molecule has 128 valence electrons. The topological polar surface area (TPSA) is 19.4 Å². The van der Waals surface area contributed by atoms with Crippen LogP contribution in [0.4, 0.5) is 9.52 Å². The highest BCUT2D eigenvalue weighted by atomic mass is 32.1. The van der Waals surface area contributed by atoms with Gasteiger partial charge >= 0.3 is 0 Å². The highest BCUT2D eigenvalue weighted by Gasteiger charge is 2.24. The second-order valence-corrected chi connectivity index (χ2v) is 7.80. The molecule has 0 N–H and O–H groups in total. The van der Waals surface area contributed by atoms with Gasteiger partial charge in [0.25, 0.3) is 0 Å². The molecule has 3 nitrogen and oxygen atoms in total. The van der Waals surface area contributed by atoms with Crippen molar-refractivity contribution >= 4 is 16.5 Å². The number of aromatic nitrogens is 1. The zero-order valence-electron chi connectivity index (χ0n) is 14.0. The molecule has 1 aromatic heterocycles. The van der Waals surface area contributed by atoms with E-state index in [0.717, 1.165) is 35.4 Å². The summed E-state index contributed by atoms with van der Waals surface area (Å²) < 4.78 is 13.1. The molecule has 0 unspecified atom stereocenters. The molecule has 24 heavy (non-hydrogen) atoms. The molecule has 2 saturated heterocycles. The molecule has 0 atom stereocenters. The van der Waals surface area contributed by atoms with Crippen molar-refractivity contribution < 1.29 is 4.39 Å². The van der Waals surface area contributed by atoms with Crippen LogP contribution >= 0.6 is 11.3 Å². The van der Waals surface area contributed by atoms with Crippen LogP contribution in [0.3, 0.4) is 0 Å². The number of piperidine rings is 1. The van der Waals surface area contributed by atoms with Crippen LogP contribution in [0.1, 0.15) is 25.7 Å². The minimum atomic E-state index is -0.200. The van der Waals surface area contributed by atoms with Gasteiger partial charge < -0.3 is 9.80 Å². The third kappa shape index (κ3) is 3.62. The molecule has 2 fully saturated rings. The number of hydrogen-bond acceptors (Lipinski definition) is 4. The van der Waals surface area contributed by atoms with Crippen molar-refractivity contribution in [1.82, 2.24) is 9.88 Å². The van der Waals surface area contributed by atoms with E-state index in [0.29, 0.717) is 0 Å². The molecule has 2 aliphatic rings. The first-order valence-corrected chi connectivity index (χ1v) is 9.85. The summed E-state index contributed by atoms with van der Waals surface area (Å²) >= 11 is 1.70. The van der Waals surface area contributed by atoms with Crippen molar-refractivity contribution in [3.8, 4) is 11.3 Å². The molecular formula is C19H24FN3S. The predicted octanol–water partition coefficient (Wildman–Crippen LogP) is 4.26. The molecule has 4 rings (SSSR count). The van der Waals surface area contributed by atoms with Crippen LogP contribution in [0, 0.1) is 11.7 Å². The van der Waals surface area contributed by atoms with Crippen LogP contribution in [0.5, 0.6) is 0 Å². The third-order valence-corrected chi connectivity index (χ3v) is 6.13. The number of anilines is 1. The first-order valence-electron chi connectivity index (χ1n) is 8.97. The first kappa shape index (κ1) is 16.0. The average molecular weight is 345 g/mol. The van der Waals surface area contributed by atoms with Crippen molar-refractivity contribution in [3.63, 3.8) is 0 Å². The van der Waals surface area contributed by atoms with Crippen LogP contribution < -0.4 is 4.90 Å². The van der Waals surface area contributed by atoms with E-state index in [1.807, 2.05) is 0 Å². The Hall–Kier alpha value is -1.46. The van der Waals surface area contributed by atoms with Crippen molar-refractivity contribution in [2.75, 3.05) is 37.6 Å². The van der Waals surface area contributed by atoms with E-state index in [4.69, 9.17) is 4.98 Å². The SMILES string of the molecule is Fc1ccc(-c2csc(N3CCC(CN4CCCC4)CC3)n2)cc1. The van der Waals surface area contributed by atoms with Crippen LogP contribution in [0.15, 0.2) is 29.6 Å². The summed E-state index contributed by atoms with van der Waals surface area (Å²) in [7, 11) is 0. The quantitative estimate of drug-likeness (QED) is 0.825. The van der Waals surface area contributed by atoms with Crippen molar-refractivity contribution in [3.05, 3.63) is 35.5 Å². The van der Waals surface area contributed by atoms with Crippen molar-refractivity contribution in [2.45, 2.75) is 25.7 Å². The van der Waals surface area contributed by atoms with Gasteiger partial charge in [-0.2, -0.15) is 0 Å². The maximum Gasteiger partial charge on any atom is 0.185 e. The van der Waals surface area contributed by atoms with Gasteiger partial charge in [-0.05, 0) is 69.0 Å². The highest BCUT2D eigenvalue weighted by molar-refractivity contribution is 7.14. The summed E-state index contributed by atoms with van der Waals surface area (Å²) in [5.74, 6) is 0.644. The number of thiazole rings is 1. The van der Waals surface area contributed by atoms with E-state index in [2.05, 4.69) is 15.2 Å². The summed E-state index contributed by atoms with van der Waals surface area (Å²) in [6.45, 7) is 6.09. The minimum Gasteiger partial charge on any atom is -0.348 e. The second-order valence-electron chi connectivity index (χ2n) is 6.96. The minimum absolute atomic E-state index is 0.200. The first-order chi connectivity index (χ1) is 11.8. The van der Waals surface area contributed by atoms with Gasteiger partial charge in [-0.25, -0.2) is 9.37 Å². The fraction of sp³-hybridized carbons (Fsp3) is 0.526. The monoisotopic (exact) mass is 345 g/mol. The van der Waals surface area contributed by atoms with Gasteiger partial charge in [-0.3, -0.25) is 0 Å². The Bertz CT molecular complexity index is 656. The van der Waals surface area contributed by atoms with Crippen molar-refractivity contribution in [1.29, 1.82) is 0 Å². The van der Waals surface area contributed by atoms with Crippen LogP contribution in [-0.4, -0.2) is 42.6 Å². The molecule has 0 aliphatic carbocycles. The molecule has 5 heteroatoms. The van der Waals surface area contributed by atoms with E-state index in [1.165, 1.54) is 57.5 Å². The maximum atomic E-state index is 13.1. The molecule has 3 heterocycles. The molecule has 1 aromatic carbocycles. The van der Waals surface area contributed by atoms with Crippen LogP contribution in [0.2, 0.25) is 0 Å². The number of nitrogens with zero attached hydrogens (tertiary/aromatic N) is 3. The van der Waals surface area contributed by atoms with E-state index < -0.39 is 0 Å². The summed E-state index contributed by atoms with van der Waals surface area (Å²) in [4.78, 5) is 9.82. The molecule has 0 radical (unpaired) electrons. The molecule has 0 bridgehead atoms. The Kier molecular flexibility index (Phi) is 4.81. The Morgan fingerprint density at radius 2 is 1.75 bits per heavy atom. The highest BCUT2D eigenvalue weighted by Crippen LogP contribution is 2.30. The second kappa shape index (κ2) is 7.19. The lowest BCUT2D eigenvalue weighted by atomic mass is 9.96. The van der Waals surface area contributed by atoms with Gasteiger partial charge in [0.15, 0.2) is 5.13 Å². The van der Waals surface area contributed by atoms with Gasteiger partial charge in [0.2, 0.25) is 0 Å². The lowest BCUT2D eigenvalue weighted by Gasteiger charge is -2.33. The van der Waals surface area contributed by atoms with E-state index in [9.17, 15) is 4.39 Å². The number of likely N-dealkylation sites (tertiary alicyclic amines) is 1. The molecule has 0 spiro atoms. The zero-order chi connectivity index (χ0) is 16.4. The molecule has 2 aliphatic heterocycles. The number of rotatable bonds is 4. The van der Waals surface area contributed by atoms with Gasteiger partial charge in [-0.1, -0.05) is 0 Å². The third-order valence-electron chi connectivity index (χ3n) is 5.23. The molecule has 2 aromatic rings. The molecular weight excluding hydrogens is 321 g/mol. The van der Waals surface area contributed by atoms with Gasteiger partial charge in [0, 0.05) is 30.6 Å². The molecule has 0 saturated carbocycles. The number of halogens is 1. The summed E-state index contributed by atoms with van der Waals surface area (Å²) in [5.41, 5.74) is 1.94. The van der Waals surface area contributed by atoms with Crippen LogP contribution in [-0.2, 0) is 0 Å². The Morgan fingerprint density at radius 3 is 2.46 bits per heavy atom. The lowest BCUT2D eigenvalue weighted by molar-refractivity contribution is 0.249. The standard InChI is InChI=1S/C19H24FN3S/c20-17-5-3-16(4-6-17)18-14-24-19(21-18)23-11-7-15(8-12-23)13-22-9-1-2-10-22/h3-6,14-15H,1-2,7-13H2. The Labute approximate surface area is 147 Å². The number of hydrogen-bond donors (Lipinski definition) is 0. The van der Waals surface area contributed by atoms with E-state index >= 15 is 0 Å². The predicted molar refractivity (Wildman–Crippen MR) is 98.1 cm³/mol. The van der Waals surface area contributed by atoms with Crippen molar-refractivity contribution in [2.24, 2.45) is 5.92 Å². The normalized spacial score (nSPS) is 20.0. The smallest absolute Gasteiger partial charge is 0.185 e. The number of benzene rings is 1. The summed E-state index contributed by atoms with van der Waals surface area (Å²) in [6, 6.07) is 6.60. The Balaban J connectivity index is 1.35. The van der Waals surface area contributed by atoms with Gasteiger partial charge in [-0.15, -0.1) is 11.3 Å². The maximum absolute atomic E-state index is 13.1. The van der Waals surface area contributed by atoms with Gasteiger partial charge in [0.1, 0.15) is 5.82 Å². The fourth-order valence-electron chi connectivity index (χ4n) is 3.80. The summed E-state index contributed by atoms with van der Waals surface area (Å²) in [5, 5.41) is 3.19. The fourth-order valence-corrected chi connectivity index (χ4v) is 4.69. The van der Waals surface area contributed by atoms with Crippen LogP contribution in [0.25, 0.3) is 11.3 Å². The average Bonchev–Trinajstić information content (AvgIpc) is 3.28. The van der Waals surface area contributed by atoms with E-state index in [-0.39, 0.29) is 5.82 Å². The van der Waals surface area contributed by atoms with E-state index in [1.54, 1.807) is 23.5 Å². The molecule has 0 amide bonds. The largest absolute Gasteiger partial charge is 0.348 e. The zero-order valence-corrected chi connectivity index (χ0v) is 14.8.